The molecule has 2 aromatic heterocycles. The Morgan fingerprint density at radius 1 is 1.28 bits per heavy atom. The van der Waals surface area contributed by atoms with E-state index >= 15 is 0 Å². The summed E-state index contributed by atoms with van der Waals surface area (Å²) in [5.41, 5.74) is 3.04. The molecule has 1 N–H and O–H groups in total. The standard InChI is InChI=1S/C17H20N4O4/c1-10-15(11(2)20(3)19-10)14-9-25-5-4-21(14)16(22)12-6-13(17(23)24)8-18-7-12/h6-8,14H,4-5,9H2,1-3H3,(H,23,24). The van der Waals surface area contributed by atoms with E-state index in [-0.39, 0.29) is 23.1 Å². The molecule has 25 heavy (non-hydrogen) atoms. The van der Waals surface area contributed by atoms with E-state index in [1.807, 2.05) is 20.9 Å². The number of hydrogen-bond acceptors (Lipinski definition) is 5. The third-order valence-corrected chi connectivity index (χ3v) is 4.52. The van der Waals surface area contributed by atoms with Gasteiger partial charge in [0.05, 0.1) is 36.1 Å². The zero-order valence-electron chi connectivity index (χ0n) is 14.4. The van der Waals surface area contributed by atoms with Crippen LogP contribution in [0.15, 0.2) is 18.5 Å². The number of aryl methyl sites for hydroxylation is 2. The number of hydrogen-bond donors (Lipinski definition) is 1. The van der Waals surface area contributed by atoms with E-state index in [1.165, 1.54) is 18.5 Å². The Morgan fingerprint density at radius 3 is 2.64 bits per heavy atom. The molecule has 0 aliphatic carbocycles. The normalized spacial score (nSPS) is 17.6. The van der Waals surface area contributed by atoms with Gasteiger partial charge in [-0.25, -0.2) is 4.79 Å². The number of carbonyl (C=O) groups excluding carboxylic acids is 1. The first-order chi connectivity index (χ1) is 11.9. The number of aromatic carboxylic acids is 1. The van der Waals surface area contributed by atoms with Crippen LogP contribution in [0.5, 0.6) is 0 Å². The van der Waals surface area contributed by atoms with Crippen LogP contribution in [0, 0.1) is 13.8 Å². The number of rotatable bonds is 3. The van der Waals surface area contributed by atoms with E-state index < -0.39 is 5.97 Å². The number of carboxylic acid groups (broad SMARTS) is 1. The van der Waals surface area contributed by atoms with Crippen LogP contribution in [-0.4, -0.2) is 56.4 Å². The highest BCUT2D eigenvalue weighted by Gasteiger charge is 2.33. The average molecular weight is 344 g/mol. The third-order valence-electron chi connectivity index (χ3n) is 4.52. The molecule has 0 saturated carbocycles. The van der Waals surface area contributed by atoms with Gasteiger partial charge in [0.25, 0.3) is 5.91 Å². The van der Waals surface area contributed by atoms with Crippen molar-refractivity contribution in [2.75, 3.05) is 19.8 Å². The third kappa shape index (κ3) is 3.12. The molecule has 2 aromatic rings. The molecule has 1 aliphatic heterocycles. The molecule has 132 valence electrons. The van der Waals surface area contributed by atoms with E-state index in [4.69, 9.17) is 9.84 Å². The Balaban J connectivity index is 1.97. The number of nitrogens with zero attached hydrogens (tertiary/aromatic N) is 4. The van der Waals surface area contributed by atoms with Gasteiger partial charge in [0.1, 0.15) is 0 Å². The number of amides is 1. The molecule has 1 saturated heterocycles. The monoisotopic (exact) mass is 344 g/mol. The average Bonchev–Trinajstić information content (AvgIpc) is 2.86. The summed E-state index contributed by atoms with van der Waals surface area (Å²) in [6.07, 6.45) is 2.62. The summed E-state index contributed by atoms with van der Waals surface area (Å²) in [7, 11) is 1.86. The molecule has 1 unspecified atom stereocenters. The molecule has 1 amide bonds. The lowest BCUT2D eigenvalue weighted by Crippen LogP contribution is -2.43. The molecule has 8 heteroatoms. The Labute approximate surface area is 145 Å². The molecule has 0 bridgehead atoms. The summed E-state index contributed by atoms with van der Waals surface area (Å²) in [4.78, 5) is 29.7. The second-order valence-corrected chi connectivity index (χ2v) is 6.06. The van der Waals surface area contributed by atoms with Crippen LogP contribution in [0.4, 0.5) is 0 Å². The van der Waals surface area contributed by atoms with Gasteiger partial charge >= 0.3 is 5.97 Å². The van der Waals surface area contributed by atoms with Crippen molar-refractivity contribution in [2.45, 2.75) is 19.9 Å². The van der Waals surface area contributed by atoms with Crippen LogP contribution in [0.2, 0.25) is 0 Å². The lowest BCUT2D eigenvalue weighted by molar-refractivity contribution is -0.00307. The first-order valence-corrected chi connectivity index (χ1v) is 7.97. The van der Waals surface area contributed by atoms with Gasteiger partial charge in [-0.1, -0.05) is 0 Å². The van der Waals surface area contributed by atoms with Crippen molar-refractivity contribution in [1.29, 1.82) is 0 Å². The SMILES string of the molecule is Cc1nn(C)c(C)c1C1COCCN1C(=O)c1cncc(C(=O)O)c1. The maximum absolute atomic E-state index is 13.0. The molecule has 0 radical (unpaired) electrons. The second-order valence-electron chi connectivity index (χ2n) is 6.06. The lowest BCUT2D eigenvalue weighted by atomic mass is 10.0. The van der Waals surface area contributed by atoms with Crippen molar-refractivity contribution in [3.8, 4) is 0 Å². The van der Waals surface area contributed by atoms with Crippen LogP contribution in [0.1, 0.15) is 43.7 Å². The summed E-state index contributed by atoms with van der Waals surface area (Å²) in [5.74, 6) is -1.37. The van der Waals surface area contributed by atoms with Crippen LogP contribution < -0.4 is 0 Å². The quantitative estimate of drug-likeness (QED) is 0.902. The van der Waals surface area contributed by atoms with Crippen molar-refractivity contribution in [2.24, 2.45) is 7.05 Å². The predicted octanol–water partition coefficient (Wildman–Crippen LogP) is 1.34. The topological polar surface area (TPSA) is 97.5 Å². The van der Waals surface area contributed by atoms with Crippen molar-refractivity contribution < 1.29 is 19.4 Å². The molecule has 1 fully saturated rings. The Kier molecular flexibility index (Phi) is 4.54. The number of pyridine rings is 1. The van der Waals surface area contributed by atoms with E-state index in [0.29, 0.717) is 19.8 Å². The molecule has 0 spiro atoms. The van der Waals surface area contributed by atoms with Gasteiger partial charge in [0.15, 0.2) is 0 Å². The summed E-state index contributed by atoms with van der Waals surface area (Å²) in [5, 5.41) is 13.5. The van der Waals surface area contributed by atoms with E-state index in [9.17, 15) is 9.59 Å². The first-order valence-electron chi connectivity index (χ1n) is 7.97. The Bertz CT molecular complexity index is 830. The first kappa shape index (κ1) is 17.1. The van der Waals surface area contributed by atoms with Gasteiger partial charge in [-0.2, -0.15) is 5.10 Å². The van der Waals surface area contributed by atoms with Gasteiger partial charge in [-0.15, -0.1) is 0 Å². The lowest BCUT2D eigenvalue weighted by Gasteiger charge is -2.36. The van der Waals surface area contributed by atoms with E-state index in [2.05, 4.69) is 10.1 Å². The fourth-order valence-electron chi connectivity index (χ4n) is 3.20. The van der Waals surface area contributed by atoms with Gasteiger partial charge in [-0.3, -0.25) is 14.5 Å². The summed E-state index contributed by atoms with van der Waals surface area (Å²) in [6.45, 7) is 5.11. The highest BCUT2D eigenvalue weighted by atomic mass is 16.5. The maximum atomic E-state index is 13.0. The Hall–Kier alpha value is -2.74. The van der Waals surface area contributed by atoms with Crippen LogP contribution >= 0.6 is 0 Å². The highest BCUT2D eigenvalue weighted by molar-refractivity contribution is 5.97. The van der Waals surface area contributed by atoms with Gasteiger partial charge < -0.3 is 14.7 Å². The molecular weight excluding hydrogens is 324 g/mol. The van der Waals surface area contributed by atoms with Crippen molar-refractivity contribution in [1.82, 2.24) is 19.7 Å². The minimum atomic E-state index is -1.11. The van der Waals surface area contributed by atoms with Crippen LogP contribution in [-0.2, 0) is 11.8 Å². The molecule has 0 aromatic carbocycles. The van der Waals surface area contributed by atoms with Crippen molar-refractivity contribution >= 4 is 11.9 Å². The molecule has 8 nitrogen and oxygen atoms in total. The molecule has 3 heterocycles. The molecule has 1 aliphatic rings. The van der Waals surface area contributed by atoms with Crippen molar-refractivity contribution in [3.63, 3.8) is 0 Å². The summed E-state index contributed by atoms with van der Waals surface area (Å²) in [6, 6.07) is 1.09. The number of carbonyl (C=O) groups is 2. The molecular formula is C17H20N4O4. The maximum Gasteiger partial charge on any atom is 0.337 e. The van der Waals surface area contributed by atoms with E-state index in [1.54, 1.807) is 9.58 Å². The van der Waals surface area contributed by atoms with Gasteiger partial charge in [-0.05, 0) is 19.9 Å². The second kappa shape index (κ2) is 6.64. The van der Waals surface area contributed by atoms with Crippen LogP contribution in [0.25, 0.3) is 0 Å². The number of carboxylic acids is 1. The highest BCUT2D eigenvalue weighted by Crippen LogP contribution is 2.30. The van der Waals surface area contributed by atoms with Crippen LogP contribution in [0.3, 0.4) is 0 Å². The fraction of sp³-hybridized carbons (Fsp3) is 0.412. The minimum Gasteiger partial charge on any atom is -0.478 e. The largest absolute Gasteiger partial charge is 0.478 e. The van der Waals surface area contributed by atoms with Gasteiger partial charge in [0, 0.05) is 37.2 Å². The van der Waals surface area contributed by atoms with Gasteiger partial charge in [0.2, 0.25) is 0 Å². The molecule has 3 rings (SSSR count). The smallest absolute Gasteiger partial charge is 0.337 e. The number of aromatic nitrogens is 3. The number of ether oxygens (including phenoxy) is 1. The Morgan fingerprint density at radius 2 is 2.00 bits per heavy atom. The number of morpholine rings is 1. The minimum absolute atomic E-state index is 0.00982. The van der Waals surface area contributed by atoms with Crippen molar-refractivity contribution in [3.05, 3.63) is 46.5 Å². The predicted molar refractivity (Wildman–Crippen MR) is 88.5 cm³/mol. The summed E-state index contributed by atoms with van der Waals surface area (Å²) >= 11 is 0. The fourth-order valence-corrected chi connectivity index (χ4v) is 3.20. The zero-order valence-corrected chi connectivity index (χ0v) is 14.4. The zero-order chi connectivity index (χ0) is 18.1. The molecule has 1 atom stereocenters. The van der Waals surface area contributed by atoms with E-state index in [0.717, 1.165) is 17.0 Å². The summed E-state index contributed by atoms with van der Waals surface area (Å²) < 4.78 is 7.38.